The van der Waals surface area contributed by atoms with E-state index in [1.54, 1.807) is 12.3 Å². The second-order valence-electron chi connectivity index (χ2n) is 4.17. The molecule has 0 saturated heterocycles. The third kappa shape index (κ3) is 3.69. The first-order chi connectivity index (χ1) is 8.56. The Morgan fingerprint density at radius 3 is 2.83 bits per heavy atom. The number of carbonyl (C=O) groups is 1. The molecule has 7 nitrogen and oxygen atoms in total. The van der Waals surface area contributed by atoms with Crippen molar-refractivity contribution in [1.82, 2.24) is 15.3 Å². The van der Waals surface area contributed by atoms with E-state index in [-0.39, 0.29) is 24.2 Å². The zero-order chi connectivity index (χ0) is 13.5. The number of hydrogen-bond acceptors (Lipinski definition) is 5. The zero-order valence-corrected chi connectivity index (χ0v) is 10.4. The van der Waals surface area contributed by atoms with Crippen LogP contribution in [0.4, 0.5) is 0 Å². The molecule has 1 atom stereocenters. The molecule has 0 radical (unpaired) electrons. The summed E-state index contributed by atoms with van der Waals surface area (Å²) >= 11 is 0. The molecule has 98 valence electrons. The van der Waals surface area contributed by atoms with E-state index in [0.29, 0.717) is 5.69 Å². The predicted molar refractivity (Wildman–Crippen MR) is 65.6 cm³/mol. The van der Waals surface area contributed by atoms with Crippen LogP contribution in [0.2, 0.25) is 0 Å². The van der Waals surface area contributed by atoms with Gasteiger partial charge in [-0.3, -0.25) is 4.79 Å². The van der Waals surface area contributed by atoms with Gasteiger partial charge in [0, 0.05) is 6.20 Å². The number of hydrogen-bond donors (Lipinski definition) is 3. The first-order valence-electron chi connectivity index (χ1n) is 5.56. The minimum atomic E-state index is -0.656. The van der Waals surface area contributed by atoms with Gasteiger partial charge in [0.1, 0.15) is 12.2 Å². The Labute approximate surface area is 105 Å². The predicted octanol–water partition coefficient (Wildman–Crippen LogP) is 0.111. The molecule has 18 heavy (non-hydrogen) atoms. The van der Waals surface area contributed by atoms with Crippen LogP contribution in [-0.4, -0.2) is 26.9 Å². The normalized spacial score (nSPS) is 13.4. The number of carbonyl (C=O) groups excluding carboxylic acids is 1. The molecule has 1 rings (SSSR count). The van der Waals surface area contributed by atoms with E-state index in [9.17, 15) is 4.79 Å². The Hall–Kier alpha value is -2.18. The van der Waals surface area contributed by atoms with Crippen molar-refractivity contribution in [3.8, 4) is 0 Å². The summed E-state index contributed by atoms with van der Waals surface area (Å²) in [6.07, 6.45) is 3.00. The molecule has 1 aromatic rings. The van der Waals surface area contributed by atoms with E-state index < -0.39 is 5.92 Å². The highest BCUT2D eigenvalue weighted by atomic mass is 16.4. The van der Waals surface area contributed by atoms with Gasteiger partial charge in [-0.1, -0.05) is 19.0 Å². The molecule has 0 aliphatic carbocycles. The molecule has 7 heteroatoms. The SMILES string of the molecule is CC(C)C(C(=O)NCc1ccncn1)/C(N)=N/O. The Morgan fingerprint density at radius 1 is 1.61 bits per heavy atom. The largest absolute Gasteiger partial charge is 0.409 e. The first-order valence-corrected chi connectivity index (χ1v) is 5.56. The van der Waals surface area contributed by atoms with Gasteiger partial charge in [0.05, 0.1) is 12.2 Å². The van der Waals surface area contributed by atoms with Gasteiger partial charge in [-0.2, -0.15) is 0 Å². The number of nitrogens with one attached hydrogen (secondary N) is 1. The second kappa shape index (κ2) is 6.53. The number of amides is 1. The minimum absolute atomic E-state index is 0.0636. The minimum Gasteiger partial charge on any atom is -0.409 e. The number of amidine groups is 1. The van der Waals surface area contributed by atoms with E-state index in [2.05, 4.69) is 20.4 Å². The molecule has 0 spiro atoms. The van der Waals surface area contributed by atoms with Crippen molar-refractivity contribution >= 4 is 11.7 Å². The van der Waals surface area contributed by atoms with Gasteiger partial charge in [-0.15, -0.1) is 0 Å². The van der Waals surface area contributed by atoms with E-state index >= 15 is 0 Å². The van der Waals surface area contributed by atoms with E-state index in [1.807, 2.05) is 13.8 Å². The lowest BCUT2D eigenvalue weighted by Crippen LogP contribution is -2.41. The number of aromatic nitrogens is 2. The molecule has 1 amide bonds. The summed E-state index contributed by atoms with van der Waals surface area (Å²) in [5, 5.41) is 14.2. The van der Waals surface area contributed by atoms with E-state index in [1.165, 1.54) is 6.33 Å². The van der Waals surface area contributed by atoms with E-state index in [0.717, 1.165) is 0 Å². The molecular formula is C11H17N5O2. The zero-order valence-electron chi connectivity index (χ0n) is 10.4. The van der Waals surface area contributed by atoms with Gasteiger partial charge in [-0.05, 0) is 12.0 Å². The molecule has 1 unspecified atom stereocenters. The summed E-state index contributed by atoms with van der Waals surface area (Å²) in [4.78, 5) is 19.7. The van der Waals surface area contributed by atoms with Crippen LogP contribution in [0.3, 0.4) is 0 Å². The van der Waals surface area contributed by atoms with Crippen molar-refractivity contribution in [2.24, 2.45) is 22.7 Å². The maximum absolute atomic E-state index is 11.9. The Morgan fingerprint density at radius 2 is 2.33 bits per heavy atom. The Balaban J connectivity index is 2.63. The number of nitrogens with two attached hydrogens (primary N) is 1. The van der Waals surface area contributed by atoms with Crippen LogP contribution in [0.5, 0.6) is 0 Å². The third-order valence-electron chi connectivity index (χ3n) is 2.47. The summed E-state index contributed by atoms with van der Waals surface area (Å²) in [7, 11) is 0. The van der Waals surface area contributed by atoms with Gasteiger partial charge in [-0.25, -0.2) is 9.97 Å². The Bertz CT molecular complexity index is 419. The fourth-order valence-electron chi connectivity index (χ4n) is 1.55. The highest BCUT2D eigenvalue weighted by Gasteiger charge is 2.26. The highest BCUT2D eigenvalue weighted by molar-refractivity contribution is 6.02. The summed E-state index contributed by atoms with van der Waals surface area (Å²) in [5.41, 5.74) is 6.20. The lowest BCUT2D eigenvalue weighted by molar-refractivity contribution is -0.124. The molecule has 1 aromatic heterocycles. The smallest absolute Gasteiger partial charge is 0.231 e. The highest BCUT2D eigenvalue weighted by Crippen LogP contribution is 2.11. The maximum Gasteiger partial charge on any atom is 0.231 e. The number of nitrogens with zero attached hydrogens (tertiary/aromatic N) is 3. The standard InChI is InChI=1S/C11H17N5O2/c1-7(2)9(10(12)16-18)11(17)14-5-8-3-4-13-6-15-8/h3-4,6-7,9,18H,5H2,1-2H3,(H2,12,16)(H,14,17). The molecule has 0 aliphatic heterocycles. The van der Waals surface area contributed by atoms with Crippen LogP contribution in [0.1, 0.15) is 19.5 Å². The number of oxime groups is 1. The molecule has 0 fully saturated rings. The van der Waals surface area contributed by atoms with Crippen LogP contribution in [0.25, 0.3) is 0 Å². The van der Waals surface area contributed by atoms with Crippen molar-refractivity contribution in [2.75, 3.05) is 0 Å². The van der Waals surface area contributed by atoms with Gasteiger partial charge in [0.2, 0.25) is 5.91 Å². The van der Waals surface area contributed by atoms with Crippen molar-refractivity contribution in [3.05, 3.63) is 24.3 Å². The average molecular weight is 251 g/mol. The van der Waals surface area contributed by atoms with Crippen LogP contribution in [-0.2, 0) is 11.3 Å². The average Bonchev–Trinajstić information content (AvgIpc) is 2.37. The molecule has 0 aromatic carbocycles. The maximum atomic E-state index is 11.9. The van der Waals surface area contributed by atoms with Crippen molar-refractivity contribution < 1.29 is 10.0 Å². The van der Waals surface area contributed by atoms with Crippen molar-refractivity contribution in [1.29, 1.82) is 0 Å². The van der Waals surface area contributed by atoms with E-state index in [4.69, 9.17) is 10.9 Å². The van der Waals surface area contributed by atoms with Crippen molar-refractivity contribution in [2.45, 2.75) is 20.4 Å². The Kier molecular flexibility index (Phi) is 5.04. The lowest BCUT2D eigenvalue weighted by Gasteiger charge is -2.18. The van der Waals surface area contributed by atoms with Crippen LogP contribution >= 0.6 is 0 Å². The topological polar surface area (TPSA) is 113 Å². The fraction of sp³-hybridized carbons (Fsp3) is 0.455. The van der Waals surface area contributed by atoms with Gasteiger partial charge in [0.25, 0.3) is 0 Å². The quantitative estimate of drug-likeness (QED) is 0.297. The summed E-state index contributed by atoms with van der Waals surface area (Å²) in [6, 6.07) is 1.70. The van der Waals surface area contributed by atoms with Gasteiger partial charge < -0.3 is 16.3 Å². The van der Waals surface area contributed by atoms with Crippen LogP contribution < -0.4 is 11.1 Å². The summed E-state index contributed by atoms with van der Waals surface area (Å²) in [6.45, 7) is 3.93. The van der Waals surface area contributed by atoms with Gasteiger partial charge >= 0.3 is 0 Å². The fourth-order valence-corrected chi connectivity index (χ4v) is 1.55. The molecular weight excluding hydrogens is 234 g/mol. The monoisotopic (exact) mass is 251 g/mol. The molecule has 0 aliphatic rings. The molecule has 1 heterocycles. The number of rotatable bonds is 5. The van der Waals surface area contributed by atoms with Crippen LogP contribution in [0.15, 0.2) is 23.7 Å². The molecule has 0 bridgehead atoms. The second-order valence-corrected chi connectivity index (χ2v) is 4.17. The first kappa shape index (κ1) is 13.9. The van der Waals surface area contributed by atoms with Crippen LogP contribution in [0, 0.1) is 11.8 Å². The van der Waals surface area contributed by atoms with Crippen molar-refractivity contribution in [3.63, 3.8) is 0 Å². The molecule has 0 saturated carbocycles. The summed E-state index contributed by atoms with van der Waals surface area (Å²) in [5.74, 6) is -1.10. The van der Waals surface area contributed by atoms with Gasteiger partial charge in [0.15, 0.2) is 5.84 Å². The lowest BCUT2D eigenvalue weighted by atomic mass is 9.94. The summed E-state index contributed by atoms with van der Waals surface area (Å²) < 4.78 is 0. The third-order valence-corrected chi connectivity index (χ3v) is 2.47. The molecule has 4 N–H and O–H groups in total.